The van der Waals surface area contributed by atoms with Crippen molar-refractivity contribution in [2.75, 3.05) is 40.5 Å². The Labute approximate surface area is 201 Å². The van der Waals surface area contributed by atoms with E-state index in [9.17, 15) is 4.79 Å². The third kappa shape index (κ3) is 6.56. The lowest BCUT2D eigenvalue weighted by Crippen LogP contribution is -2.44. The monoisotopic (exact) mass is 462 g/mol. The first kappa shape index (κ1) is 24.2. The summed E-state index contributed by atoms with van der Waals surface area (Å²) >= 11 is 0. The van der Waals surface area contributed by atoms with E-state index in [1.54, 1.807) is 20.3 Å². The van der Waals surface area contributed by atoms with Crippen LogP contribution >= 0.6 is 0 Å². The van der Waals surface area contributed by atoms with Gasteiger partial charge < -0.3 is 19.5 Å². The molecule has 1 aliphatic heterocycles. The van der Waals surface area contributed by atoms with Crippen molar-refractivity contribution in [3.63, 3.8) is 0 Å². The van der Waals surface area contributed by atoms with Crippen molar-refractivity contribution in [2.24, 2.45) is 0 Å². The maximum atomic E-state index is 12.6. The predicted octanol–water partition coefficient (Wildman–Crippen LogP) is 4.41. The van der Waals surface area contributed by atoms with Gasteiger partial charge in [0, 0.05) is 38.3 Å². The van der Waals surface area contributed by atoms with E-state index < -0.39 is 0 Å². The molecule has 180 valence electrons. The van der Waals surface area contributed by atoms with Crippen LogP contribution in [0.25, 0.3) is 10.8 Å². The Balaban J connectivity index is 1.29. The Kier molecular flexibility index (Phi) is 8.52. The van der Waals surface area contributed by atoms with Crippen LogP contribution in [0.4, 0.5) is 0 Å². The van der Waals surface area contributed by atoms with E-state index in [1.165, 1.54) is 21.9 Å². The van der Waals surface area contributed by atoms with Gasteiger partial charge in [0.25, 0.3) is 5.91 Å². The van der Waals surface area contributed by atoms with Gasteiger partial charge in [-0.2, -0.15) is 0 Å². The lowest BCUT2D eigenvalue weighted by Gasteiger charge is -2.32. The Morgan fingerprint density at radius 2 is 1.71 bits per heavy atom. The molecule has 0 spiro atoms. The maximum Gasteiger partial charge on any atom is 0.251 e. The molecule has 34 heavy (non-hydrogen) atoms. The number of methoxy groups -OCH3 is 2. The number of carbonyl (C=O) groups excluding carboxylic acids is 1. The van der Waals surface area contributed by atoms with Crippen molar-refractivity contribution >= 4 is 16.7 Å². The summed E-state index contributed by atoms with van der Waals surface area (Å²) in [6.45, 7) is 4.66. The van der Waals surface area contributed by atoms with Gasteiger partial charge in [-0.15, -0.1) is 0 Å². The van der Waals surface area contributed by atoms with E-state index in [0.29, 0.717) is 31.1 Å². The summed E-state index contributed by atoms with van der Waals surface area (Å²) in [6.07, 6.45) is 1.90. The quantitative estimate of drug-likeness (QED) is 0.453. The maximum absolute atomic E-state index is 12.6. The lowest BCUT2D eigenvalue weighted by molar-refractivity contribution is 0.0617. The van der Waals surface area contributed by atoms with Gasteiger partial charge in [0.1, 0.15) is 5.75 Å². The second-order valence-corrected chi connectivity index (χ2v) is 8.82. The third-order valence-electron chi connectivity index (χ3n) is 6.33. The van der Waals surface area contributed by atoms with E-state index in [0.717, 1.165) is 32.5 Å². The Morgan fingerprint density at radius 1 is 0.941 bits per heavy atom. The average molecular weight is 463 g/mol. The number of hydrogen-bond acceptors (Lipinski definition) is 5. The molecule has 3 aromatic rings. The highest BCUT2D eigenvalue weighted by atomic mass is 16.5. The zero-order chi connectivity index (χ0) is 23.8. The molecule has 4 rings (SSSR count). The van der Waals surface area contributed by atoms with Gasteiger partial charge in [0.2, 0.25) is 0 Å². The van der Waals surface area contributed by atoms with E-state index >= 15 is 0 Å². The molecular weight excluding hydrogens is 428 g/mol. The molecule has 0 unspecified atom stereocenters. The number of rotatable bonds is 10. The van der Waals surface area contributed by atoms with Crippen molar-refractivity contribution in [1.82, 2.24) is 10.2 Å². The molecule has 0 aliphatic carbocycles. The average Bonchev–Trinajstić information content (AvgIpc) is 2.87. The van der Waals surface area contributed by atoms with Crippen LogP contribution in [0.1, 0.15) is 34.3 Å². The molecular formula is C28H34N2O4. The van der Waals surface area contributed by atoms with Gasteiger partial charge in [-0.1, -0.05) is 30.3 Å². The number of nitrogens with zero attached hydrogens (tertiary/aromatic N) is 1. The fraction of sp³-hybridized carbons (Fsp3) is 0.393. The number of benzene rings is 3. The molecule has 1 fully saturated rings. The molecule has 0 radical (unpaired) electrons. The second-order valence-electron chi connectivity index (χ2n) is 8.82. The Bertz CT molecular complexity index is 1090. The summed E-state index contributed by atoms with van der Waals surface area (Å²) in [6, 6.07) is 20.7. The smallest absolute Gasteiger partial charge is 0.251 e. The third-order valence-corrected chi connectivity index (χ3v) is 6.33. The standard InChI is InChI=1S/C28H34N2O4/c1-32-14-15-34-20-22-7-9-23-8-6-21(16-25(23)17-22)19-30-12-10-26(11-13-30)29-28(31)24-4-3-5-27(18-24)33-2/h3-9,16-18,26H,10-15,19-20H2,1-2H3,(H,29,31). The minimum Gasteiger partial charge on any atom is -0.497 e. The van der Waals surface area contributed by atoms with Crippen LogP contribution in [-0.4, -0.2) is 57.4 Å². The molecule has 0 atom stereocenters. The van der Waals surface area contributed by atoms with E-state index in [2.05, 4.69) is 46.6 Å². The van der Waals surface area contributed by atoms with Crippen molar-refractivity contribution in [3.05, 3.63) is 77.4 Å². The summed E-state index contributed by atoms with van der Waals surface area (Å²) < 4.78 is 15.9. The number of likely N-dealkylation sites (tertiary alicyclic amines) is 1. The molecule has 1 heterocycles. The first-order chi connectivity index (χ1) is 16.6. The molecule has 0 saturated carbocycles. The van der Waals surface area contributed by atoms with Gasteiger partial charge >= 0.3 is 0 Å². The van der Waals surface area contributed by atoms with Crippen molar-refractivity contribution in [3.8, 4) is 5.75 Å². The molecule has 1 amide bonds. The highest BCUT2D eigenvalue weighted by Crippen LogP contribution is 2.21. The molecule has 0 bridgehead atoms. The second kappa shape index (κ2) is 12.0. The minimum absolute atomic E-state index is 0.0334. The fourth-order valence-electron chi connectivity index (χ4n) is 4.39. The van der Waals surface area contributed by atoms with Gasteiger partial charge in [-0.25, -0.2) is 0 Å². The summed E-state index contributed by atoms with van der Waals surface area (Å²) in [7, 11) is 3.29. The predicted molar refractivity (Wildman–Crippen MR) is 134 cm³/mol. The number of piperidine rings is 1. The van der Waals surface area contributed by atoms with E-state index in [4.69, 9.17) is 14.2 Å². The van der Waals surface area contributed by atoms with Crippen molar-refractivity contribution < 1.29 is 19.0 Å². The van der Waals surface area contributed by atoms with Crippen LogP contribution in [0.5, 0.6) is 5.75 Å². The number of carbonyl (C=O) groups is 1. The summed E-state index contributed by atoms with van der Waals surface area (Å²) in [5.74, 6) is 0.664. The Hall–Kier alpha value is -2.93. The van der Waals surface area contributed by atoms with E-state index in [1.807, 2.05) is 18.2 Å². The first-order valence-electron chi connectivity index (χ1n) is 11.9. The molecule has 6 heteroatoms. The number of hydrogen-bond donors (Lipinski definition) is 1. The SMILES string of the molecule is COCCOCc1ccc2ccc(CN3CCC(NC(=O)c4cccc(OC)c4)CC3)cc2c1. The molecule has 6 nitrogen and oxygen atoms in total. The molecule has 0 aromatic heterocycles. The highest BCUT2D eigenvalue weighted by Gasteiger charge is 2.21. The van der Waals surface area contributed by atoms with E-state index in [-0.39, 0.29) is 11.9 Å². The van der Waals surface area contributed by atoms with Crippen molar-refractivity contribution in [2.45, 2.75) is 32.0 Å². The highest BCUT2D eigenvalue weighted by molar-refractivity contribution is 5.94. The molecule has 1 aliphatic rings. The number of fused-ring (bicyclic) bond motifs is 1. The topological polar surface area (TPSA) is 60.0 Å². The summed E-state index contributed by atoms with van der Waals surface area (Å²) in [5.41, 5.74) is 3.12. The van der Waals surface area contributed by atoms with Gasteiger partial charge in [-0.05, 0) is 65.1 Å². The van der Waals surface area contributed by atoms with Crippen LogP contribution in [0.3, 0.4) is 0 Å². The molecule has 1 saturated heterocycles. The Morgan fingerprint density at radius 3 is 2.47 bits per heavy atom. The molecule has 1 N–H and O–H groups in total. The van der Waals surface area contributed by atoms with Gasteiger partial charge in [0.05, 0.1) is 26.9 Å². The minimum atomic E-state index is -0.0334. The number of nitrogens with one attached hydrogen (secondary N) is 1. The normalized spacial score (nSPS) is 14.9. The summed E-state index contributed by atoms with van der Waals surface area (Å²) in [4.78, 5) is 15.1. The van der Waals surface area contributed by atoms with Crippen LogP contribution in [0, 0.1) is 0 Å². The van der Waals surface area contributed by atoms with Crippen LogP contribution < -0.4 is 10.1 Å². The first-order valence-corrected chi connectivity index (χ1v) is 11.9. The van der Waals surface area contributed by atoms with Gasteiger partial charge in [-0.3, -0.25) is 9.69 Å². The van der Waals surface area contributed by atoms with Crippen LogP contribution in [0.15, 0.2) is 60.7 Å². The summed E-state index contributed by atoms with van der Waals surface area (Å²) in [5, 5.41) is 5.67. The van der Waals surface area contributed by atoms with Gasteiger partial charge in [0.15, 0.2) is 0 Å². The zero-order valence-electron chi connectivity index (χ0n) is 20.1. The number of ether oxygens (including phenoxy) is 3. The number of amides is 1. The zero-order valence-corrected chi connectivity index (χ0v) is 20.1. The lowest BCUT2D eigenvalue weighted by atomic mass is 10.0. The largest absolute Gasteiger partial charge is 0.497 e. The molecule has 3 aromatic carbocycles. The fourth-order valence-corrected chi connectivity index (χ4v) is 4.39. The van der Waals surface area contributed by atoms with Crippen LogP contribution in [0.2, 0.25) is 0 Å². The van der Waals surface area contributed by atoms with Crippen molar-refractivity contribution in [1.29, 1.82) is 0 Å². The van der Waals surface area contributed by atoms with Crippen LogP contribution in [-0.2, 0) is 22.6 Å².